The van der Waals surface area contributed by atoms with Crippen molar-refractivity contribution in [2.45, 2.75) is 121 Å². The first kappa shape index (κ1) is 58.1. The van der Waals surface area contributed by atoms with Gasteiger partial charge in [0.25, 0.3) is 0 Å². The molecule has 0 aromatic heterocycles. The molecule has 77 heavy (non-hydrogen) atoms. The van der Waals surface area contributed by atoms with Gasteiger partial charge in [0.15, 0.2) is 43.0 Å². The number of carbonyl (C=O) groups is 7. The number of alkyl carbamates (subject to hydrolysis) is 1. The van der Waals surface area contributed by atoms with E-state index in [0.29, 0.717) is 0 Å². The number of benzene rings is 3. The maximum Gasteiger partial charge on any atom is 0.407 e. The molecule has 12 atom stereocenters. The Balaban J connectivity index is 1.35. The number of nitrogens with zero attached hydrogens (tertiary/aromatic N) is 6. The highest BCUT2D eigenvalue weighted by molar-refractivity contribution is 5.84. The van der Waals surface area contributed by atoms with Gasteiger partial charge in [0.1, 0.15) is 37.5 Å². The third-order valence-corrected chi connectivity index (χ3v) is 11.7. The highest BCUT2D eigenvalue weighted by atomic mass is 19.2. The highest BCUT2D eigenvalue weighted by Crippen LogP contribution is 2.45. The summed E-state index contributed by atoms with van der Waals surface area (Å²) in [7, 11) is 0. The molecule has 3 aliphatic rings. The molecule has 1 aliphatic carbocycles. The molecular weight excluding hydrogens is 1050 g/mol. The lowest BCUT2D eigenvalue weighted by Crippen LogP contribution is -2.64. The lowest BCUT2D eigenvalue weighted by atomic mass is 9.95. The first-order valence-electron chi connectivity index (χ1n) is 22.9. The summed E-state index contributed by atoms with van der Waals surface area (Å²) >= 11 is 0. The average molecular weight is 1090 g/mol. The predicted octanol–water partition coefficient (Wildman–Crippen LogP) is 5.71. The lowest BCUT2D eigenvalue weighted by Gasteiger charge is -2.46. The quantitative estimate of drug-likeness (QED) is 0.0173. The van der Waals surface area contributed by atoms with Crippen molar-refractivity contribution >= 4 is 41.9 Å². The fraction of sp³-hybridized carbons (Fsp3) is 0.468. The van der Waals surface area contributed by atoms with Crippen molar-refractivity contribution in [3.63, 3.8) is 0 Å². The summed E-state index contributed by atoms with van der Waals surface area (Å²) in [5.41, 5.74) is 22.5. The van der Waals surface area contributed by atoms with Crippen molar-refractivity contribution in [1.29, 1.82) is 0 Å². The summed E-state index contributed by atoms with van der Waals surface area (Å²) in [5.74, 6) is -22.4. The van der Waals surface area contributed by atoms with Crippen LogP contribution in [-0.2, 0) is 76.1 Å². The van der Waals surface area contributed by atoms with E-state index in [0.717, 1.165) is 63.8 Å². The van der Waals surface area contributed by atoms with Crippen LogP contribution >= 0.6 is 0 Å². The van der Waals surface area contributed by atoms with E-state index in [1.54, 1.807) is 36.4 Å². The topological polar surface area (TPSA) is 331 Å². The van der Waals surface area contributed by atoms with Crippen LogP contribution in [0.1, 0.15) is 58.6 Å². The van der Waals surface area contributed by atoms with Gasteiger partial charge in [0.2, 0.25) is 34.8 Å². The second-order valence-electron chi connectivity index (χ2n) is 17.0. The molecule has 25 nitrogen and oxygen atoms in total. The maximum absolute atomic E-state index is 15.0. The summed E-state index contributed by atoms with van der Waals surface area (Å²) < 4.78 is 134. The number of nitrogens with one attached hydrogen (secondary N) is 1. The Bertz CT molecular complexity index is 2800. The SMILES string of the molecule is CC(=O)OC[C@H]1O[C@H](OC[C@H]2O[C@H](OC(C)C(NC(=O)OCC3c4ccccc4-c4ccccc43)C(=O)Oc3c(F)c(F)c(F)c(F)c3F)[C@H](N=[N+]=[N-])[C@@H](OC(C)=O)[C@H]2OC(C)=O)[C@H](N=[N+]=[N-])[C@@H](OC(C)=O)[C@H]1OC(C)=O. The van der Waals surface area contributed by atoms with Gasteiger partial charge in [-0.05, 0) is 40.2 Å². The smallest absolute Gasteiger partial charge is 0.407 e. The molecule has 1 amide bonds. The molecule has 30 heteroatoms. The Labute approximate surface area is 431 Å². The van der Waals surface area contributed by atoms with Crippen LogP contribution in [0.15, 0.2) is 58.8 Å². The van der Waals surface area contributed by atoms with Crippen molar-refractivity contribution in [1.82, 2.24) is 5.32 Å². The van der Waals surface area contributed by atoms with Crippen LogP contribution < -0.4 is 10.1 Å². The van der Waals surface area contributed by atoms with Crippen molar-refractivity contribution in [2.75, 3.05) is 19.8 Å². The van der Waals surface area contributed by atoms with Crippen LogP contribution in [0, 0.1) is 29.1 Å². The molecule has 0 radical (unpaired) electrons. The van der Waals surface area contributed by atoms with Gasteiger partial charge < -0.3 is 57.4 Å². The van der Waals surface area contributed by atoms with Gasteiger partial charge in [-0.2, -0.15) is 8.78 Å². The van der Waals surface area contributed by atoms with E-state index in [1.807, 2.05) is 12.1 Å². The number of esters is 6. The third kappa shape index (κ3) is 13.6. The number of fused-ring (bicyclic) bond motifs is 3. The van der Waals surface area contributed by atoms with E-state index in [4.69, 9.17) is 52.1 Å². The van der Waals surface area contributed by atoms with Gasteiger partial charge in [-0.1, -0.05) is 58.8 Å². The number of azide groups is 2. The molecule has 2 fully saturated rings. The summed E-state index contributed by atoms with van der Waals surface area (Å²) in [6, 6.07) is 8.20. The first-order chi connectivity index (χ1) is 36.6. The Morgan fingerprint density at radius 2 is 1.04 bits per heavy atom. The molecule has 2 saturated heterocycles. The predicted molar refractivity (Wildman–Crippen MR) is 242 cm³/mol. The molecule has 0 bridgehead atoms. The monoisotopic (exact) mass is 1090 g/mol. The van der Waals surface area contributed by atoms with E-state index < -0.39 is 176 Å². The lowest BCUT2D eigenvalue weighted by molar-refractivity contribution is -0.308. The molecule has 3 aromatic rings. The molecule has 2 aliphatic heterocycles. The van der Waals surface area contributed by atoms with E-state index in [2.05, 4.69) is 25.4 Å². The van der Waals surface area contributed by atoms with E-state index in [-0.39, 0.29) is 0 Å². The normalized spacial score (nSPS) is 24.1. The molecule has 412 valence electrons. The molecule has 2 unspecified atom stereocenters. The highest BCUT2D eigenvalue weighted by Gasteiger charge is 2.54. The van der Waals surface area contributed by atoms with Crippen molar-refractivity contribution in [2.24, 2.45) is 10.2 Å². The van der Waals surface area contributed by atoms with Crippen molar-refractivity contribution in [3.8, 4) is 16.9 Å². The minimum Gasteiger partial charge on any atom is -0.463 e. The summed E-state index contributed by atoms with van der Waals surface area (Å²) in [4.78, 5) is 95.0. The van der Waals surface area contributed by atoms with Crippen LogP contribution in [0.4, 0.5) is 26.7 Å². The Kier molecular flexibility index (Phi) is 19.3. The fourth-order valence-electron chi connectivity index (χ4n) is 8.64. The number of amides is 1. The van der Waals surface area contributed by atoms with Gasteiger partial charge in [-0.15, -0.1) is 0 Å². The third-order valence-electron chi connectivity index (χ3n) is 11.7. The number of rotatable bonds is 19. The maximum atomic E-state index is 15.0. The molecule has 3 aromatic carbocycles. The van der Waals surface area contributed by atoms with Crippen molar-refractivity contribution in [3.05, 3.63) is 110 Å². The van der Waals surface area contributed by atoms with Crippen molar-refractivity contribution < 1.29 is 108 Å². The van der Waals surface area contributed by atoms with Crippen LogP contribution in [0.5, 0.6) is 5.75 Å². The molecule has 1 N–H and O–H groups in total. The number of halogens is 5. The summed E-state index contributed by atoms with van der Waals surface area (Å²) in [5, 5.41) is 9.31. The van der Waals surface area contributed by atoms with Crippen LogP contribution in [0.2, 0.25) is 0 Å². The fourth-order valence-corrected chi connectivity index (χ4v) is 8.64. The second kappa shape index (κ2) is 25.6. The Hall–Kier alpha value is -8.14. The average Bonchev–Trinajstić information content (AvgIpc) is 3.70. The van der Waals surface area contributed by atoms with Gasteiger partial charge >= 0.3 is 41.9 Å². The molecule has 0 spiro atoms. The second-order valence-corrected chi connectivity index (χ2v) is 17.0. The molecule has 6 rings (SSSR count). The first-order valence-corrected chi connectivity index (χ1v) is 22.9. The van der Waals surface area contributed by atoms with Crippen LogP contribution in [-0.4, -0.2) is 135 Å². The molecular formula is C47H46F5N7O18. The minimum absolute atomic E-state index is 0.399. The Morgan fingerprint density at radius 1 is 0.597 bits per heavy atom. The zero-order chi connectivity index (χ0) is 56.4. The number of ether oxygens (including phenoxy) is 11. The van der Waals surface area contributed by atoms with Gasteiger partial charge in [0.05, 0.1) is 12.7 Å². The Morgan fingerprint density at radius 3 is 1.52 bits per heavy atom. The number of hydrogen-bond donors (Lipinski definition) is 1. The van der Waals surface area contributed by atoms with Gasteiger partial charge in [-0.25, -0.2) is 22.8 Å². The molecule has 2 heterocycles. The van der Waals surface area contributed by atoms with E-state index in [1.165, 1.54) is 0 Å². The number of hydrogen-bond acceptors (Lipinski definition) is 20. The van der Waals surface area contributed by atoms with E-state index >= 15 is 0 Å². The standard InChI is InChI=1S/C47H46F5N7O18/c1-18(36(44(65)77-41-34(51)32(49)31(48)33(50)35(41)52)55-47(66)69-15-28-26-13-9-7-11-24(26)25-12-8-10-14-27(25)28)70-46-38(57-59-54)43(74-23(6)64)40(72-21(4)62)30(76-46)17-68-45-37(56-58-53)42(73-22(5)63)39(71-20(3)61)29(75-45)16-67-19(2)60/h7-14,18,28-30,36-40,42-43,45-46H,15-17H2,1-6H3,(H,55,66)/t18?,29-,30-,36?,37-,38-,39+,40+,42-,43-,45+,46+/m1/s1. The zero-order valence-corrected chi connectivity index (χ0v) is 41.2. The number of carbonyl (C=O) groups excluding carboxylic acids is 7. The summed E-state index contributed by atoms with van der Waals surface area (Å²) in [6.45, 7) is 3.72. The van der Waals surface area contributed by atoms with Gasteiger partial charge in [0, 0.05) is 50.4 Å². The minimum atomic E-state index is -2.60. The van der Waals surface area contributed by atoms with Crippen LogP contribution in [0.3, 0.4) is 0 Å². The largest absolute Gasteiger partial charge is 0.463 e. The zero-order valence-electron chi connectivity index (χ0n) is 41.2. The summed E-state index contributed by atoms with van der Waals surface area (Å²) in [6.07, 6.45) is -17.9. The van der Waals surface area contributed by atoms with E-state index in [9.17, 15) is 66.6 Å². The molecule has 0 saturated carbocycles. The van der Waals surface area contributed by atoms with Crippen LogP contribution in [0.25, 0.3) is 32.0 Å². The van der Waals surface area contributed by atoms with Gasteiger partial charge in [-0.3, -0.25) is 24.0 Å².